The maximum absolute atomic E-state index is 16.6. The second kappa shape index (κ2) is 11.7. The molecule has 2 aromatic heterocycles. The summed E-state index contributed by atoms with van der Waals surface area (Å²) in [5, 5.41) is 11.4. The third kappa shape index (κ3) is 4.90. The fourth-order valence-electron chi connectivity index (χ4n) is 7.96. The van der Waals surface area contributed by atoms with Gasteiger partial charge in [0.1, 0.15) is 25.1 Å². The molecule has 0 bridgehead atoms. The van der Waals surface area contributed by atoms with Crippen LogP contribution in [-0.4, -0.2) is 59.3 Å². The highest BCUT2D eigenvalue weighted by atomic mass is 79.9. The van der Waals surface area contributed by atoms with Gasteiger partial charge >= 0.3 is 6.09 Å². The summed E-state index contributed by atoms with van der Waals surface area (Å²) in [4.78, 5) is 24.3. The van der Waals surface area contributed by atoms with Gasteiger partial charge in [-0.25, -0.2) is 13.6 Å². The number of halogens is 3. The number of hydrogen-bond acceptors (Lipinski definition) is 4. The van der Waals surface area contributed by atoms with E-state index in [1.54, 1.807) is 24.5 Å². The van der Waals surface area contributed by atoms with Crippen molar-refractivity contribution in [3.8, 4) is 22.7 Å². The Kier molecular flexibility index (Phi) is 8.15. The van der Waals surface area contributed by atoms with Gasteiger partial charge in [0.15, 0.2) is 5.82 Å². The van der Waals surface area contributed by atoms with Crippen LogP contribution in [-0.2, 0) is 0 Å². The van der Waals surface area contributed by atoms with Gasteiger partial charge in [0.25, 0.3) is 0 Å². The van der Waals surface area contributed by atoms with Crippen LogP contribution in [0.1, 0.15) is 53.5 Å². The molecule has 4 aromatic rings. The number of aromatic nitrogens is 2. The number of hydrogen-bond donors (Lipinski definition) is 1. The normalized spacial score (nSPS) is 18.1. The summed E-state index contributed by atoms with van der Waals surface area (Å²) in [5.41, 5.74) is 6.49. The van der Waals surface area contributed by atoms with Crippen LogP contribution in [0.25, 0.3) is 32.9 Å². The Bertz CT molecular complexity index is 1880. The van der Waals surface area contributed by atoms with Crippen LogP contribution in [0, 0.1) is 23.1 Å². The average molecular weight is 692 g/mol. The first kappa shape index (κ1) is 31.4. The Morgan fingerprint density at radius 1 is 1.02 bits per heavy atom. The van der Waals surface area contributed by atoms with Gasteiger partial charge in [0.2, 0.25) is 0 Å². The molecule has 2 saturated heterocycles. The minimum atomic E-state index is -2.18. The van der Waals surface area contributed by atoms with Crippen molar-refractivity contribution in [2.45, 2.75) is 76.7 Å². The van der Waals surface area contributed by atoms with Crippen molar-refractivity contribution in [2.24, 2.45) is 0 Å². The molecule has 0 aliphatic carbocycles. The van der Waals surface area contributed by atoms with Crippen LogP contribution in [0.4, 0.5) is 19.3 Å². The number of pyridine rings is 2. The van der Waals surface area contributed by atoms with Crippen LogP contribution < -0.4 is 4.90 Å². The van der Waals surface area contributed by atoms with Crippen molar-refractivity contribution in [1.29, 1.82) is 0 Å². The molecule has 10 heteroatoms. The molecule has 1 N–H and O–H groups in total. The van der Waals surface area contributed by atoms with Crippen LogP contribution in [0.5, 0.6) is 0 Å². The third-order valence-corrected chi connectivity index (χ3v) is 17.0. The summed E-state index contributed by atoms with van der Waals surface area (Å²) in [5.74, 6) is 2.27. The Morgan fingerprint density at radius 2 is 1.73 bits per heavy atom. The zero-order valence-electron chi connectivity index (χ0n) is 26.3. The molecule has 234 valence electrons. The number of rotatable bonds is 5. The number of likely N-dealkylation sites (tertiary alicyclic amines) is 1. The number of carbonyl (C=O) groups is 1. The first-order chi connectivity index (χ1) is 21.4. The molecule has 6 rings (SSSR count). The van der Waals surface area contributed by atoms with E-state index in [2.05, 4.69) is 83.8 Å². The number of benzene rings is 2. The van der Waals surface area contributed by atoms with E-state index in [4.69, 9.17) is 0 Å². The molecule has 2 atom stereocenters. The lowest BCUT2D eigenvalue weighted by Gasteiger charge is -2.48. The van der Waals surface area contributed by atoms with Gasteiger partial charge < -0.3 is 14.9 Å². The lowest BCUT2D eigenvalue weighted by atomic mass is 9.94. The summed E-state index contributed by atoms with van der Waals surface area (Å²) in [6, 6.07) is 8.52. The molecule has 0 unspecified atom stereocenters. The Morgan fingerprint density at radius 3 is 2.40 bits per heavy atom. The van der Waals surface area contributed by atoms with Gasteiger partial charge in [0.05, 0.1) is 27.8 Å². The van der Waals surface area contributed by atoms with E-state index in [0.717, 1.165) is 11.1 Å². The van der Waals surface area contributed by atoms with Gasteiger partial charge in [-0.3, -0.25) is 9.97 Å². The number of nitrogens with zero attached hydrogens (tertiary/aromatic N) is 4. The molecule has 6 nitrogen and oxygen atoms in total. The Labute approximate surface area is 272 Å². The minimum Gasteiger partial charge on any atom is -0.465 e. The maximum Gasteiger partial charge on any atom is 0.407 e. The predicted molar refractivity (Wildman–Crippen MR) is 182 cm³/mol. The van der Waals surface area contributed by atoms with Crippen molar-refractivity contribution in [2.75, 3.05) is 18.0 Å². The van der Waals surface area contributed by atoms with Gasteiger partial charge in [-0.15, -0.1) is 5.54 Å². The van der Waals surface area contributed by atoms with Crippen LogP contribution in [0.2, 0.25) is 16.6 Å². The molecule has 1 amide bonds. The second-order valence-corrected chi connectivity index (χ2v) is 19.6. The summed E-state index contributed by atoms with van der Waals surface area (Å²) < 4.78 is 33.0. The average Bonchev–Trinajstić information content (AvgIpc) is 3.31. The number of carboxylic acid groups (broad SMARTS) is 1. The molecule has 2 fully saturated rings. The molecule has 45 heavy (non-hydrogen) atoms. The van der Waals surface area contributed by atoms with Gasteiger partial charge in [-0.05, 0) is 50.4 Å². The maximum atomic E-state index is 16.6. The first-order valence-electron chi connectivity index (χ1n) is 15.5. The van der Waals surface area contributed by atoms with E-state index >= 15 is 8.78 Å². The zero-order valence-corrected chi connectivity index (χ0v) is 28.9. The number of amides is 1. The van der Waals surface area contributed by atoms with Gasteiger partial charge in [-0.2, -0.15) is 0 Å². The minimum absolute atomic E-state index is 0.00565. The molecular formula is C35H37BrF2N4O2Si. The van der Waals surface area contributed by atoms with Crippen molar-refractivity contribution in [3.05, 3.63) is 64.4 Å². The summed E-state index contributed by atoms with van der Waals surface area (Å²) >= 11 is 3.60. The van der Waals surface area contributed by atoms with E-state index in [0.29, 0.717) is 56.9 Å². The lowest BCUT2D eigenvalue weighted by Crippen LogP contribution is -2.63. The highest BCUT2D eigenvalue weighted by Gasteiger charge is 2.50. The fraction of sp³-hybridized carbons (Fsp3) is 0.400. The molecule has 0 radical (unpaired) electrons. The highest BCUT2D eigenvalue weighted by molar-refractivity contribution is 9.10. The summed E-state index contributed by atoms with van der Waals surface area (Å²) in [7, 11) is -2.18. The van der Waals surface area contributed by atoms with Crippen LogP contribution in [0.3, 0.4) is 0 Å². The first-order valence-corrected chi connectivity index (χ1v) is 18.5. The predicted octanol–water partition coefficient (Wildman–Crippen LogP) is 9.00. The van der Waals surface area contributed by atoms with Crippen molar-refractivity contribution < 1.29 is 18.7 Å². The number of anilines is 1. The van der Waals surface area contributed by atoms with Crippen molar-refractivity contribution >= 4 is 57.5 Å². The van der Waals surface area contributed by atoms with E-state index in [-0.39, 0.29) is 28.9 Å². The Hall–Kier alpha value is -3.55. The van der Waals surface area contributed by atoms with Crippen LogP contribution >= 0.6 is 15.9 Å². The Balaban J connectivity index is 1.50. The molecular weight excluding hydrogens is 654 g/mol. The highest BCUT2D eigenvalue weighted by Crippen LogP contribution is 2.45. The molecule has 2 aliphatic rings. The van der Waals surface area contributed by atoms with E-state index in [1.165, 1.54) is 11.0 Å². The van der Waals surface area contributed by atoms with E-state index < -0.39 is 25.8 Å². The molecule has 2 aromatic carbocycles. The van der Waals surface area contributed by atoms with Gasteiger partial charge in [-0.1, -0.05) is 71.7 Å². The van der Waals surface area contributed by atoms with Crippen molar-refractivity contribution in [3.63, 3.8) is 0 Å². The van der Waals surface area contributed by atoms with Crippen molar-refractivity contribution in [1.82, 2.24) is 14.9 Å². The van der Waals surface area contributed by atoms with Crippen LogP contribution in [0.15, 0.2) is 47.2 Å². The number of fused-ring (bicyclic) bond motifs is 3. The monoisotopic (exact) mass is 690 g/mol. The fourth-order valence-corrected chi connectivity index (χ4v) is 13.7. The zero-order chi connectivity index (χ0) is 32.4. The molecule has 0 saturated carbocycles. The van der Waals surface area contributed by atoms with E-state index in [9.17, 15) is 9.90 Å². The summed E-state index contributed by atoms with van der Waals surface area (Å²) in [6.45, 7) is 14.3. The summed E-state index contributed by atoms with van der Waals surface area (Å²) in [6.07, 6.45) is 2.98. The SMILES string of the molecule is CC(C)[Si](C#Cc1c(F)ccc2cccc(-c3ncc4c(N5C[C@@H]6[C@H]5CCN6C(=O)O)c(Br)cnc4c3F)c12)(C(C)C)C(C)C. The second-order valence-electron chi connectivity index (χ2n) is 13.2. The molecule has 4 heterocycles. The van der Waals surface area contributed by atoms with Gasteiger partial charge in [0, 0.05) is 41.8 Å². The van der Waals surface area contributed by atoms with E-state index in [1.807, 2.05) is 12.1 Å². The quantitative estimate of drug-likeness (QED) is 0.167. The third-order valence-electron chi connectivity index (χ3n) is 10.1. The molecule has 2 aliphatic heterocycles. The lowest BCUT2D eigenvalue weighted by molar-refractivity contribution is 0.129. The molecule has 0 spiro atoms. The smallest absolute Gasteiger partial charge is 0.407 e. The largest absolute Gasteiger partial charge is 0.465 e. The topological polar surface area (TPSA) is 69.6 Å². The standard InChI is InChI=1S/C35H37BrF2N4O2Si/c1-19(2)45(20(3)4,21(5)6)15-13-23-27(37)11-10-22-8-7-9-24(30(22)23)32-31(38)33-25(16-39-32)34(26(36)17-40-33)42-18-29-28(42)12-14-41(29)35(43)44/h7-11,16-17,19-21,28-29H,12,14,18H2,1-6H3,(H,43,44)/t28-,29-/m1/s1.